The number of nitrogens with zero attached hydrogens (tertiary/aromatic N) is 1. The number of ether oxygens (including phenoxy) is 2. The SMILES string of the molecule is C=C(/C=C(\C)OC)/C(=N\C)Oc1ccc(NC(=O)NCCC)c(Cl)c1. The van der Waals surface area contributed by atoms with Crippen molar-refractivity contribution in [3.63, 3.8) is 0 Å². The second kappa shape index (κ2) is 10.4. The van der Waals surface area contributed by atoms with Crippen molar-refractivity contribution < 1.29 is 14.3 Å². The predicted molar refractivity (Wildman–Crippen MR) is 103 cm³/mol. The molecule has 2 amide bonds. The fraction of sp³-hybridized carbons (Fsp3) is 0.333. The Labute approximate surface area is 153 Å². The minimum absolute atomic E-state index is 0.304. The quantitative estimate of drug-likeness (QED) is 0.326. The van der Waals surface area contributed by atoms with E-state index in [0.29, 0.717) is 40.2 Å². The molecule has 0 aliphatic carbocycles. The summed E-state index contributed by atoms with van der Waals surface area (Å²) in [6, 6.07) is 4.64. The van der Waals surface area contributed by atoms with Crippen molar-refractivity contribution >= 4 is 29.2 Å². The van der Waals surface area contributed by atoms with Crippen LogP contribution in [0.5, 0.6) is 5.75 Å². The lowest BCUT2D eigenvalue weighted by molar-refractivity contribution is 0.252. The smallest absolute Gasteiger partial charge is 0.319 e. The highest BCUT2D eigenvalue weighted by Crippen LogP contribution is 2.27. The zero-order chi connectivity index (χ0) is 18.8. The highest BCUT2D eigenvalue weighted by atomic mass is 35.5. The Bertz CT molecular complexity index is 684. The molecule has 136 valence electrons. The normalized spacial score (nSPS) is 11.7. The van der Waals surface area contributed by atoms with Crippen molar-refractivity contribution in [2.75, 3.05) is 26.0 Å². The molecule has 7 heteroatoms. The van der Waals surface area contributed by atoms with Crippen molar-refractivity contribution in [2.45, 2.75) is 20.3 Å². The van der Waals surface area contributed by atoms with Gasteiger partial charge in [0.25, 0.3) is 0 Å². The van der Waals surface area contributed by atoms with E-state index in [0.717, 1.165) is 6.42 Å². The molecule has 0 aromatic heterocycles. The molecule has 1 aromatic rings. The van der Waals surface area contributed by atoms with E-state index < -0.39 is 0 Å². The highest BCUT2D eigenvalue weighted by Gasteiger charge is 2.10. The summed E-state index contributed by atoms with van der Waals surface area (Å²) < 4.78 is 10.8. The van der Waals surface area contributed by atoms with Gasteiger partial charge in [-0.2, -0.15) is 0 Å². The van der Waals surface area contributed by atoms with Gasteiger partial charge in [-0.25, -0.2) is 4.79 Å². The van der Waals surface area contributed by atoms with Crippen molar-refractivity contribution in [2.24, 2.45) is 4.99 Å². The van der Waals surface area contributed by atoms with Crippen LogP contribution in [0.3, 0.4) is 0 Å². The number of carbonyl (C=O) groups excluding carboxylic acids is 1. The van der Waals surface area contributed by atoms with Gasteiger partial charge in [0.2, 0.25) is 5.90 Å². The summed E-state index contributed by atoms with van der Waals surface area (Å²) in [5.41, 5.74) is 1.06. The van der Waals surface area contributed by atoms with E-state index in [9.17, 15) is 4.79 Å². The highest BCUT2D eigenvalue weighted by molar-refractivity contribution is 6.33. The minimum atomic E-state index is -0.304. The Balaban J connectivity index is 2.82. The first-order chi connectivity index (χ1) is 11.9. The molecule has 0 saturated carbocycles. The maximum absolute atomic E-state index is 11.7. The number of benzene rings is 1. The summed E-state index contributed by atoms with van der Waals surface area (Å²) in [5.74, 6) is 1.51. The molecule has 0 unspecified atom stereocenters. The van der Waals surface area contributed by atoms with E-state index in [2.05, 4.69) is 22.2 Å². The van der Waals surface area contributed by atoms with Crippen molar-refractivity contribution in [1.82, 2.24) is 5.32 Å². The van der Waals surface area contributed by atoms with Crippen LogP contribution < -0.4 is 15.4 Å². The van der Waals surface area contributed by atoms with Gasteiger partial charge in [-0.15, -0.1) is 0 Å². The van der Waals surface area contributed by atoms with Crippen LogP contribution in [-0.2, 0) is 4.74 Å². The first-order valence-electron chi connectivity index (χ1n) is 7.81. The third-order valence-corrected chi connectivity index (χ3v) is 3.43. The molecule has 0 fully saturated rings. The van der Waals surface area contributed by atoms with Crippen LogP contribution in [0.25, 0.3) is 0 Å². The molecule has 2 N–H and O–H groups in total. The van der Waals surface area contributed by atoms with E-state index in [1.54, 1.807) is 45.4 Å². The van der Waals surface area contributed by atoms with E-state index >= 15 is 0 Å². The Morgan fingerprint density at radius 3 is 2.72 bits per heavy atom. The molecular formula is C18H24ClN3O3. The Morgan fingerprint density at radius 1 is 1.44 bits per heavy atom. The summed E-state index contributed by atoms with van der Waals surface area (Å²) >= 11 is 6.20. The molecule has 0 aliphatic heterocycles. The molecule has 1 aromatic carbocycles. The summed E-state index contributed by atoms with van der Waals surface area (Å²) in [5, 5.41) is 5.75. The van der Waals surface area contributed by atoms with Gasteiger partial charge in [0, 0.05) is 25.2 Å². The molecule has 25 heavy (non-hydrogen) atoms. The van der Waals surface area contributed by atoms with Crippen LogP contribution in [0.15, 0.2) is 47.2 Å². The summed E-state index contributed by atoms with van der Waals surface area (Å²) in [6.07, 6.45) is 2.58. The van der Waals surface area contributed by atoms with Crippen molar-refractivity contribution in [3.8, 4) is 5.75 Å². The van der Waals surface area contributed by atoms with Gasteiger partial charge in [0.15, 0.2) is 0 Å². The van der Waals surface area contributed by atoms with Gasteiger partial charge < -0.3 is 20.1 Å². The zero-order valence-electron chi connectivity index (χ0n) is 15.0. The van der Waals surface area contributed by atoms with Gasteiger partial charge in [-0.1, -0.05) is 25.1 Å². The van der Waals surface area contributed by atoms with Crippen molar-refractivity contribution in [3.05, 3.63) is 47.2 Å². The summed E-state index contributed by atoms with van der Waals surface area (Å²) in [4.78, 5) is 15.8. The third-order valence-electron chi connectivity index (χ3n) is 3.12. The second-order valence-corrected chi connectivity index (χ2v) is 5.54. The molecule has 0 radical (unpaired) electrons. The molecule has 0 heterocycles. The summed E-state index contributed by atoms with van der Waals surface area (Å²) in [7, 11) is 3.18. The maximum Gasteiger partial charge on any atom is 0.319 e. The number of aliphatic imine (C=N–C) groups is 1. The Morgan fingerprint density at radius 2 is 2.16 bits per heavy atom. The Hall–Kier alpha value is -2.47. The first kappa shape index (κ1) is 20.6. The molecule has 0 saturated heterocycles. The minimum Gasteiger partial charge on any atom is -0.501 e. The van der Waals surface area contributed by atoms with Gasteiger partial charge in [0.1, 0.15) is 5.75 Å². The van der Waals surface area contributed by atoms with Crippen LogP contribution in [0.2, 0.25) is 5.02 Å². The number of rotatable bonds is 7. The molecule has 1 rings (SSSR count). The standard InChI is InChI=1S/C18H24ClN3O3/c1-6-9-21-18(23)22-16-8-7-14(11-15(16)19)25-17(20-4)12(2)10-13(3)24-5/h7-8,10-11H,2,6,9H2,1,3-5H3,(H2,21,22,23)/b13-10+,20-17+. The van der Waals surface area contributed by atoms with Crippen LogP contribution >= 0.6 is 11.6 Å². The number of methoxy groups -OCH3 is 1. The molecular weight excluding hydrogens is 342 g/mol. The fourth-order valence-electron chi connectivity index (χ4n) is 1.80. The van der Waals surface area contributed by atoms with Gasteiger partial charge in [-0.3, -0.25) is 4.99 Å². The third kappa shape index (κ3) is 6.89. The van der Waals surface area contributed by atoms with Gasteiger partial charge >= 0.3 is 6.03 Å². The van der Waals surface area contributed by atoms with E-state index in [-0.39, 0.29) is 6.03 Å². The monoisotopic (exact) mass is 365 g/mol. The van der Waals surface area contributed by atoms with Crippen LogP contribution in [-0.4, -0.2) is 32.6 Å². The zero-order valence-corrected chi connectivity index (χ0v) is 15.7. The number of hydrogen-bond donors (Lipinski definition) is 2. The average molecular weight is 366 g/mol. The fourth-order valence-corrected chi connectivity index (χ4v) is 2.02. The largest absolute Gasteiger partial charge is 0.501 e. The number of carbonyl (C=O) groups is 1. The number of anilines is 1. The maximum atomic E-state index is 11.7. The van der Waals surface area contributed by atoms with Gasteiger partial charge in [-0.05, 0) is 31.6 Å². The number of allylic oxidation sites excluding steroid dienone is 1. The molecule has 0 atom stereocenters. The van der Waals surface area contributed by atoms with E-state index in [1.165, 1.54) is 0 Å². The number of hydrogen-bond acceptors (Lipinski definition) is 4. The lowest BCUT2D eigenvalue weighted by Gasteiger charge is -2.12. The molecule has 6 nitrogen and oxygen atoms in total. The van der Waals surface area contributed by atoms with Crippen LogP contribution in [0.1, 0.15) is 20.3 Å². The predicted octanol–water partition coefficient (Wildman–Crippen LogP) is 4.39. The second-order valence-electron chi connectivity index (χ2n) is 5.14. The molecule has 0 aliphatic rings. The first-order valence-corrected chi connectivity index (χ1v) is 8.19. The summed E-state index contributed by atoms with van der Waals surface area (Å²) in [6.45, 7) is 8.28. The molecule has 0 spiro atoms. The average Bonchev–Trinajstić information content (AvgIpc) is 2.59. The lowest BCUT2D eigenvalue weighted by Crippen LogP contribution is -2.29. The number of halogens is 1. The van der Waals surface area contributed by atoms with Gasteiger partial charge in [0.05, 0.1) is 23.6 Å². The lowest BCUT2D eigenvalue weighted by atomic mass is 10.2. The van der Waals surface area contributed by atoms with Crippen LogP contribution in [0, 0.1) is 0 Å². The van der Waals surface area contributed by atoms with E-state index in [4.69, 9.17) is 21.1 Å². The topological polar surface area (TPSA) is 72.0 Å². The number of amides is 2. The van der Waals surface area contributed by atoms with Crippen LogP contribution in [0.4, 0.5) is 10.5 Å². The number of nitrogens with one attached hydrogen (secondary N) is 2. The van der Waals surface area contributed by atoms with Crippen molar-refractivity contribution in [1.29, 1.82) is 0 Å². The van der Waals surface area contributed by atoms with E-state index in [1.807, 2.05) is 6.92 Å². The Kier molecular flexibility index (Phi) is 8.56. The number of urea groups is 1. The molecule has 0 bridgehead atoms.